The van der Waals surface area contributed by atoms with Crippen LogP contribution < -0.4 is 4.74 Å². The molecule has 3 nitrogen and oxygen atoms in total. The average Bonchev–Trinajstić information content (AvgIpc) is 2.30. The van der Waals surface area contributed by atoms with Gasteiger partial charge in [-0.25, -0.2) is 4.79 Å². The fourth-order valence-corrected chi connectivity index (χ4v) is 1.35. The van der Waals surface area contributed by atoms with Gasteiger partial charge in [-0.05, 0) is 44.0 Å². The van der Waals surface area contributed by atoms with Crippen LogP contribution in [0.2, 0.25) is 0 Å². The first-order valence-electron chi connectivity index (χ1n) is 5.67. The minimum Gasteiger partial charge on any atom is -0.489 e. The minimum absolute atomic E-state index is 0.336. The number of ether oxygens (including phenoxy) is 2. The van der Waals surface area contributed by atoms with Crippen molar-refractivity contribution in [1.82, 2.24) is 0 Å². The van der Waals surface area contributed by atoms with E-state index in [2.05, 4.69) is 0 Å². The first-order chi connectivity index (χ1) is 8.15. The highest BCUT2D eigenvalue weighted by Gasteiger charge is 2.00. The van der Waals surface area contributed by atoms with E-state index in [1.165, 1.54) is 11.6 Å². The molecule has 0 fully saturated rings. The lowest BCUT2D eigenvalue weighted by atomic mass is 10.1. The van der Waals surface area contributed by atoms with E-state index < -0.39 is 0 Å². The molecule has 0 saturated carbocycles. The van der Waals surface area contributed by atoms with Crippen LogP contribution in [0.5, 0.6) is 5.75 Å². The highest BCUT2D eigenvalue weighted by atomic mass is 16.5. The van der Waals surface area contributed by atoms with Gasteiger partial charge in [0.1, 0.15) is 12.4 Å². The zero-order valence-corrected chi connectivity index (χ0v) is 10.5. The third kappa shape index (κ3) is 4.31. The Morgan fingerprint density at radius 1 is 1.35 bits per heavy atom. The minimum atomic E-state index is -0.336. The Labute approximate surface area is 102 Å². The zero-order chi connectivity index (χ0) is 12.7. The van der Waals surface area contributed by atoms with Gasteiger partial charge in [-0.15, -0.1) is 0 Å². The molecule has 0 unspecified atom stereocenters. The molecule has 3 heteroatoms. The summed E-state index contributed by atoms with van der Waals surface area (Å²) in [6.07, 6.45) is 3.04. The number of benzene rings is 1. The van der Waals surface area contributed by atoms with Gasteiger partial charge in [-0.2, -0.15) is 0 Å². The van der Waals surface area contributed by atoms with E-state index in [9.17, 15) is 4.79 Å². The Kier molecular flexibility index (Phi) is 5.27. The van der Waals surface area contributed by atoms with Crippen molar-refractivity contribution in [3.8, 4) is 5.75 Å². The maximum Gasteiger partial charge on any atom is 0.330 e. The molecule has 0 heterocycles. The van der Waals surface area contributed by atoms with Crippen LogP contribution in [0.25, 0.3) is 0 Å². The summed E-state index contributed by atoms with van der Waals surface area (Å²) in [5.41, 5.74) is 2.31. The van der Waals surface area contributed by atoms with E-state index >= 15 is 0 Å². The summed E-state index contributed by atoms with van der Waals surface area (Å²) >= 11 is 0. The van der Waals surface area contributed by atoms with Crippen LogP contribution in [-0.4, -0.2) is 19.2 Å². The van der Waals surface area contributed by atoms with E-state index in [4.69, 9.17) is 9.47 Å². The van der Waals surface area contributed by atoms with Crippen molar-refractivity contribution in [2.24, 2.45) is 0 Å². The molecule has 0 spiro atoms. The predicted molar refractivity (Wildman–Crippen MR) is 67.2 cm³/mol. The SMILES string of the molecule is CCOC(=O)/C=C/COc1cccc(C)c1C. The first kappa shape index (κ1) is 13.3. The second-order valence-electron chi connectivity index (χ2n) is 3.66. The number of carbonyl (C=O) groups is 1. The summed E-state index contributed by atoms with van der Waals surface area (Å²) in [6.45, 7) is 6.58. The number of hydrogen-bond donors (Lipinski definition) is 0. The fourth-order valence-electron chi connectivity index (χ4n) is 1.35. The fraction of sp³-hybridized carbons (Fsp3) is 0.357. The summed E-state index contributed by atoms with van der Waals surface area (Å²) in [7, 11) is 0. The number of aryl methyl sites for hydroxylation is 1. The zero-order valence-electron chi connectivity index (χ0n) is 10.5. The van der Waals surface area contributed by atoms with Crippen LogP contribution in [0.3, 0.4) is 0 Å². The highest BCUT2D eigenvalue weighted by Crippen LogP contribution is 2.20. The van der Waals surface area contributed by atoms with Crippen molar-refractivity contribution in [2.45, 2.75) is 20.8 Å². The smallest absolute Gasteiger partial charge is 0.330 e. The van der Waals surface area contributed by atoms with Gasteiger partial charge in [0.15, 0.2) is 0 Å². The van der Waals surface area contributed by atoms with Crippen molar-refractivity contribution in [1.29, 1.82) is 0 Å². The third-order valence-corrected chi connectivity index (χ3v) is 2.43. The van der Waals surface area contributed by atoms with E-state index in [-0.39, 0.29) is 5.97 Å². The Hall–Kier alpha value is -1.77. The third-order valence-electron chi connectivity index (χ3n) is 2.43. The monoisotopic (exact) mass is 234 g/mol. The quantitative estimate of drug-likeness (QED) is 0.580. The van der Waals surface area contributed by atoms with Crippen molar-refractivity contribution in [3.63, 3.8) is 0 Å². The van der Waals surface area contributed by atoms with E-state index in [0.717, 1.165) is 11.3 Å². The first-order valence-corrected chi connectivity index (χ1v) is 5.67. The molecule has 17 heavy (non-hydrogen) atoms. The number of rotatable bonds is 5. The largest absolute Gasteiger partial charge is 0.489 e. The molecule has 92 valence electrons. The molecule has 1 aromatic rings. The van der Waals surface area contributed by atoms with Crippen LogP contribution >= 0.6 is 0 Å². The Morgan fingerprint density at radius 2 is 2.12 bits per heavy atom. The van der Waals surface area contributed by atoms with Crippen LogP contribution in [0.4, 0.5) is 0 Å². The molecule has 0 N–H and O–H groups in total. The molecule has 0 radical (unpaired) electrons. The molecule has 1 aromatic carbocycles. The number of esters is 1. The van der Waals surface area contributed by atoms with Gasteiger partial charge in [0.2, 0.25) is 0 Å². The molecule has 1 rings (SSSR count). The van der Waals surface area contributed by atoms with Crippen molar-refractivity contribution < 1.29 is 14.3 Å². The van der Waals surface area contributed by atoms with Crippen LogP contribution in [-0.2, 0) is 9.53 Å². The molecule has 0 amide bonds. The maximum absolute atomic E-state index is 11.0. The van der Waals surface area contributed by atoms with Gasteiger partial charge in [-0.3, -0.25) is 0 Å². The van der Waals surface area contributed by atoms with E-state index in [0.29, 0.717) is 13.2 Å². The number of hydrogen-bond acceptors (Lipinski definition) is 3. The molecule has 0 saturated heterocycles. The second kappa shape index (κ2) is 6.74. The summed E-state index contributed by atoms with van der Waals surface area (Å²) in [4.78, 5) is 11.0. The van der Waals surface area contributed by atoms with Gasteiger partial charge < -0.3 is 9.47 Å². The van der Waals surface area contributed by atoms with Gasteiger partial charge in [0.05, 0.1) is 6.61 Å². The Balaban J connectivity index is 2.46. The topological polar surface area (TPSA) is 35.5 Å². The van der Waals surface area contributed by atoms with Crippen molar-refractivity contribution in [2.75, 3.05) is 13.2 Å². The summed E-state index contributed by atoms with van der Waals surface area (Å²) in [6, 6.07) is 5.91. The lowest BCUT2D eigenvalue weighted by Gasteiger charge is -2.08. The second-order valence-corrected chi connectivity index (χ2v) is 3.66. The molecular formula is C14H18O3. The standard InChI is InChI=1S/C14H18O3/c1-4-16-14(15)9-6-10-17-13-8-5-7-11(2)12(13)3/h5-9H,4,10H2,1-3H3/b9-6+. The summed E-state index contributed by atoms with van der Waals surface area (Å²) < 4.78 is 10.3. The van der Waals surface area contributed by atoms with Crippen LogP contribution in [0, 0.1) is 13.8 Å². The lowest BCUT2D eigenvalue weighted by molar-refractivity contribution is -0.137. The van der Waals surface area contributed by atoms with Crippen molar-refractivity contribution in [3.05, 3.63) is 41.5 Å². The Bertz CT molecular complexity index is 408. The number of carbonyl (C=O) groups excluding carboxylic acids is 1. The lowest BCUT2D eigenvalue weighted by Crippen LogP contribution is -2.01. The molecule has 0 aliphatic carbocycles. The van der Waals surface area contributed by atoms with E-state index in [1.54, 1.807) is 13.0 Å². The maximum atomic E-state index is 11.0. The van der Waals surface area contributed by atoms with Crippen molar-refractivity contribution >= 4 is 5.97 Å². The molecular weight excluding hydrogens is 216 g/mol. The normalized spacial score (nSPS) is 10.5. The Morgan fingerprint density at radius 3 is 2.82 bits per heavy atom. The molecule has 0 bridgehead atoms. The molecule has 0 aliphatic rings. The summed E-state index contributed by atoms with van der Waals surface area (Å²) in [5.74, 6) is 0.510. The molecule has 0 aliphatic heterocycles. The molecule has 0 aromatic heterocycles. The van der Waals surface area contributed by atoms with Gasteiger partial charge >= 0.3 is 5.97 Å². The van der Waals surface area contributed by atoms with Gasteiger partial charge in [-0.1, -0.05) is 12.1 Å². The highest BCUT2D eigenvalue weighted by molar-refractivity contribution is 5.81. The van der Waals surface area contributed by atoms with Gasteiger partial charge in [0.25, 0.3) is 0 Å². The van der Waals surface area contributed by atoms with E-state index in [1.807, 2.05) is 32.0 Å². The van der Waals surface area contributed by atoms with Gasteiger partial charge in [0, 0.05) is 6.08 Å². The predicted octanol–water partition coefficient (Wildman–Crippen LogP) is 2.80. The van der Waals surface area contributed by atoms with Crippen LogP contribution in [0.1, 0.15) is 18.1 Å². The molecule has 0 atom stereocenters. The van der Waals surface area contributed by atoms with Crippen LogP contribution in [0.15, 0.2) is 30.4 Å². The summed E-state index contributed by atoms with van der Waals surface area (Å²) in [5, 5.41) is 0. The average molecular weight is 234 g/mol.